The first-order valence-corrected chi connectivity index (χ1v) is 11.4. The monoisotopic (exact) mass is 430 g/mol. The van der Waals surface area contributed by atoms with Crippen molar-refractivity contribution in [3.8, 4) is 5.75 Å². The summed E-state index contributed by atoms with van der Waals surface area (Å²) in [5, 5.41) is 2.91. The van der Waals surface area contributed by atoms with Gasteiger partial charge >= 0.3 is 0 Å². The summed E-state index contributed by atoms with van der Waals surface area (Å²) in [6, 6.07) is 20.2. The predicted molar refractivity (Wildman–Crippen MR) is 131 cm³/mol. The lowest BCUT2D eigenvalue weighted by Crippen LogP contribution is -2.29. The molecular weight excluding hydrogens is 404 g/mol. The molecule has 1 heterocycles. The number of carbonyl (C=O) groups excluding carboxylic acids is 1. The highest BCUT2D eigenvalue weighted by atomic mass is 32.2. The standard InChI is InChI=1S/C26H26N2O2S/c1-4-16-28-25(29)24(31-26(28)27-20-13-10-18(3)11-14-20)17-22-21-9-7-6-8-19(21)12-15-23(22)30-5-2/h6-15,17H,4-5,16H2,1-3H3. The molecule has 0 bridgehead atoms. The van der Waals surface area contributed by atoms with E-state index in [-0.39, 0.29) is 5.91 Å². The van der Waals surface area contributed by atoms with Crippen molar-refractivity contribution in [1.29, 1.82) is 0 Å². The van der Waals surface area contributed by atoms with Crippen molar-refractivity contribution in [3.63, 3.8) is 0 Å². The van der Waals surface area contributed by atoms with Crippen LogP contribution >= 0.6 is 11.8 Å². The van der Waals surface area contributed by atoms with Crippen LogP contribution in [0.2, 0.25) is 0 Å². The third-order valence-electron chi connectivity index (χ3n) is 5.10. The number of fused-ring (bicyclic) bond motifs is 1. The van der Waals surface area contributed by atoms with Crippen molar-refractivity contribution in [1.82, 2.24) is 4.90 Å². The van der Waals surface area contributed by atoms with Gasteiger partial charge in [-0.1, -0.05) is 55.0 Å². The van der Waals surface area contributed by atoms with E-state index in [1.165, 1.54) is 17.3 Å². The molecule has 31 heavy (non-hydrogen) atoms. The average Bonchev–Trinajstić information content (AvgIpc) is 3.06. The molecule has 5 heteroatoms. The molecule has 3 aromatic carbocycles. The number of amidine groups is 1. The minimum Gasteiger partial charge on any atom is -0.493 e. The lowest BCUT2D eigenvalue weighted by atomic mass is 10.0. The van der Waals surface area contributed by atoms with Crippen LogP contribution < -0.4 is 4.74 Å². The third-order valence-corrected chi connectivity index (χ3v) is 6.11. The van der Waals surface area contributed by atoms with Crippen LogP contribution in [0.5, 0.6) is 5.75 Å². The summed E-state index contributed by atoms with van der Waals surface area (Å²) in [4.78, 5) is 20.5. The number of hydrogen-bond acceptors (Lipinski definition) is 4. The summed E-state index contributed by atoms with van der Waals surface area (Å²) in [6.45, 7) is 7.30. The van der Waals surface area contributed by atoms with Crippen LogP contribution in [0, 0.1) is 6.92 Å². The zero-order valence-electron chi connectivity index (χ0n) is 18.1. The van der Waals surface area contributed by atoms with Crippen molar-refractivity contribution >= 4 is 45.4 Å². The fourth-order valence-electron chi connectivity index (χ4n) is 3.58. The molecule has 0 N–H and O–H groups in total. The molecule has 1 fully saturated rings. The Morgan fingerprint density at radius 2 is 1.81 bits per heavy atom. The van der Waals surface area contributed by atoms with Gasteiger partial charge in [0.25, 0.3) is 5.91 Å². The summed E-state index contributed by atoms with van der Waals surface area (Å²) < 4.78 is 5.89. The molecule has 0 saturated carbocycles. The van der Waals surface area contributed by atoms with Gasteiger partial charge in [0.05, 0.1) is 17.2 Å². The minimum absolute atomic E-state index is 0.00639. The van der Waals surface area contributed by atoms with Crippen LogP contribution in [-0.2, 0) is 4.79 Å². The van der Waals surface area contributed by atoms with Crippen molar-refractivity contribution < 1.29 is 9.53 Å². The number of carbonyl (C=O) groups is 1. The molecule has 4 nitrogen and oxygen atoms in total. The highest BCUT2D eigenvalue weighted by Crippen LogP contribution is 2.38. The third kappa shape index (κ3) is 4.52. The number of amides is 1. The molecule has 0 aromatic heterocycles. The summed E-state index contributed by atoms with van der Waals surface area (Å²) in [5.74, 6) is 0.779. The van der Waals surface area contributed by atoms with Crippen molar-refractivity contribution in [2.75, 3.05) is 13.2 Å². The summed E-state index contributed by atoms with van der Waals surface area (Å²) in [5.41, 5.74) is 2.97. The van der Waals surface area contributed by atoms with Gasteiger partial charge in [0.2, 0.25) is 0 Å². The van der Waals surface area contributed by atoms with Crippen LogP contribution in [0.4, 0.5) is 5.69 Å². The Hall–Kier alpha value is -3.05. The van der Waals surface area contributed by atoms with E-state index < -0.39 is 0 Å². The molecule has 1 aliphatic heterocycles. The van der Waals surface area contributed by atoms with Gasteiger partial charge in [-0.15, -0.1) is 0 Å². The maximum absolute atomic E-state index is 13.3. The van der Waals surface area contributed by atoms with E-state index in [9.17, 15) is 4.79 Å². The number of aliphatic imine (C=N–C) groups is 1. The smallest absolute Gasteiger partial charge is 0.266 e. The van der Waals surface area contributed by atoms with Gasteiger partial charge in [0.1, 0.15) is 5.75 Å². The number of hydrogen-bond donors (Lipinski definition) is 0. The quantitative estimate of drug-likeness (QED) is 0.416. The normalized spacial score (nSPS) is 16.6. The molecule has 0 atom stereocenters. The van der Waals surface area contributed by atoms with Crippen molar-refractivity contribution in [2.45, 2.75) is 27.2 Å². The average molecular weight is 431 g/mol. The lowest BCUT2D eigenvalue weighted by Gasteiger charge is -2.14. The highest BCUT2D eigenvalue weighted by Gasteiger charge is 2.33. The summed E-state index contributed by atoms with van der Waals surface area (Å²) in [6.07, 6.45) is 2.83. The van der Waals surface area contributed by atoms with E-state index in [0.717, 1.165) is 39.4 Å². The molecular formula is C26H26N2O2S. The number of rotatable bonds is 6. The Labute approximate surface area is 187 Å². The molecule has 3 aromatic rings. The minimum atomic E-state index is -0.00639. The number of nitrogens with zero attached hydrogens (tertiary/aromatic N) is 2. The van der Waals surface area contributed by atoms with Crippen LogP contribution in [0.1, 0.15) is 31.4 Å². The Bertz CT molecular complexity index is 1170. The second-order valence-corrected chi connectivity index (χ2v) is 8.44. The largest absolute Gasteiger partial charge is 0.493 e. The van der Waals surface area contributed by atoms with Crippen LogP contribution in [0.3, 0.4) is 0 Å². The first kappa shape index (κ1) is 21.2. The van der Waals surface area contributed by atoms with Crippen LogP contribution in [-0.4, -0.2) is 29.1 Å². The van der Waals surface area contributed by atoms with Gasteiger partial charge in [-0.3, -0.25) is 9.69 Å². The Balaban J connectivity index is 1.78. The molecule has 0 spiro atoms. The van der Waals surface area contributed by atoms with E-state index >= 15 is 0 Å². The Morgan fingerprint density at radius 3 is 2.55 bits per heavy atom. The molecule has 0 aliphatic carbocycles. The second kappa shape index (κ2) is 9.40. The van der Waals surface area contributed by atoms with E-state index in [2.05, 4.69) is 32.0 Å². The number of thioether (sulfide) groups is 1. The molecule has 0 unspecified atom stereocenters. The van der Waals surface area contributed by atoms with Crippen LogP contribution in [0.25, 0.3) is 16.8 Å². The molecule has 0 radical (unpaired) electrons. The van der Waals surface area contributed by atoms with Gasteiger partial charge in [0.15, 0.2) is 5.17 Å². The fourth-order valence-corrected chi connectivity index (χ4v) is 4.59. The zero-order chi connectivity index (χ0) is 21.8. The molecule has 158 valence electrons. The van der Waals surface area contributed by atoms with Gasteiger partial charge in [-0.05, 0) is 67.1 Å². The molecule has 4 rings (SSSR count). The maximum Gasteiger partial charge on any atom is 0.266 e. The Morgan fingerprint density at radius 1 is 1.03 bits per heavy atom. The topological polar surface area (TPSA) is 41.9 Å². The van der Waals surface area contributed by atoms with Gasteiger partial charge in [-0.2, -0.15) is 0 Å². The van der Waals surface area contributed by atoms with Crippen LogP contribution in [0.15, 0.2) is 70.6 Å². The van der Waals surface area contributed by atoms with E-state index in [1.54, 1.807) is 4.90 Å². The lowest BCUT2D eigenvalue weighted by molar-refractivity contribution is -0.122. The highest BCUT2D eigenvalue weighted by molar-refractivity contribution is 8.18. The van der Waals surface area contributed by atoms with Gasteiger partial charge < -0.3 is 4.74 Å². The first-order valence-electron chi connectivity index (χ1n) is 10.6. The second-order valence-electron chi connectivity index (χ2n) is 7.43. The SMILES string of the molecule is CCCN1C(=O)C(=Cc2c(OCC)ccc3ccccc23)SC1=Nc1ccc(C)cc1. The Kier molecular flexibility index (Phi) is 6.42. The maximum atomic E-state index is 13.3. The summed E-state index contributed by atoms with van der Waals surface area (Å²) in [7, 11) is 0. The molecule has 1 amide bonds. The van der Waals surface area contributed by atoms with E-state index in [1.807, 2.05) is 55.5 Å². The first-order chi connectivity index (χ1) is 15.1. The molecule has 1 aliphatic rings. The van der Waals surface area contributed by atoms with Gasteiger partial charge in [-0.25, -0.2) is 4.99 Å². The summed E-state index contributed by atoms with van der Waals surface area (Å²) >= 11 is 1.43. The molecule has 1 saturated heterocycles. The zero-order valence-corrected chi connectivity index (χ0v) is 18.9. The fraction of sp³-hybridized carbons (Fsp3) is 0.231. The van der Waals surface area contributed by atoms with E-state index in [4.69, 9.17) is 9.73 Å². The van der Waals surface area contributed by atoms with Crippen molar-refractivity contribution in [2.24, 2.45) is 4.99 Å². The van der Waals surface area contributed by atoms with Crippen molar-refractivity contribution in [3.05, 3.63) is 76.7 Å². The van der Waals surface area contributed by atoms with E-state index in [0.29, 0.717) is 18.1 Å². The number of aryl methyl sites for hydroxylation is 1. The predicted octanol–water partition coefficient (Wildman–Crippen LogP) is 6.56. The number of benzene rings is 3. The number of ether oxygens (including phenoxy) is 1. The van der Waals surface area contributed by atoms with Gasteiger partial charge in [0, 0.05) is 12.1 Å².